The van der Waals surface area contributed by atoms with Gasteiger partial charge in [0.2, 0.25) is 0 Å². The lowest BCUT2D eigenvalue weighted by Crippen LogP contribution is -2.37. The van der Waals surface area contributed by atoms with Gasteiger partial charge in [0.25, 0.3) is 0 Å². The van der Waals surface area contributed by atoms with E-state index >= 15 is 0 Å². The molecule has 9 nitrogen and oxygen atoms in total. The van der Waals surface area contributed by atoms with E-state index in [1.165, 1.54) is 36.4 Å². The zero-order chi connectivity index (χ0) is 27.4. The van der Waals surface area contributed by atoms with Gasteiger partial charge in [-0.25, -0.2) is 4.79 Å². The maximum atomic E-state index is 13.1. The van der Waals surface area contributed by atoms with E-state index in [4.69, 9.17) is 8.37 Å². The van der Waals surface area contributed by atoms with E-state index in [2.05, 4.69) is 10.6 Å². The molecule has 3 aromatic carbocycles. The number of amides is 2. The lowest BCUT2D eigenvalue weighted by molar-refractivity contribution is 0.262. The normalized spacial score (nSPS) is 17.3. The second-order valence-electron chi connectivity index (χ2n) is 8.76. The van der Waals surface area contributed by atoms with Gasteiger partial charge < -0.3 is 19.0 Å². The van der Waals surface area contributed by atoms with Gasteiger partial charge in [-0.2, -0.15) is 16.8 Å². The minimum Gasteiger partial charge on any atom is -0.380 e. The molecule has 0 bridgehead atoms. The lowest BCUT2D eigenvalue weighted by atomic mass is 9.98. The van der Waals surface area contributed by atoms with Crippen molar-refractivity contribution < 1.29 is 30.0 Å². The van der Waals surface area contributed by atoms with Crippen molar-refractivity contribution in [2.45, 2.75) is 29.9 Å². The molecule has 1 aliphatic rings. The lowest BCUT2D eigenvalue weighted by Gasteiger charge is -2.27. The third-order valence-electron chi connectivity index (χ3n) is 5.80. The van der Waals surface area contributed by atoms with E-state index in [0.29, 0.717) is 0 Å². The van der Waals surface area contributed by atoms with Crippen molar-refractivity contribution in [1.29, 1.82) is 0 Å². The first-order valence-electron chi connectivity index (χ1n) is 11.5. The number of urea groups is 1. The molecular weight excluding hydrogens is 528 g/mol. The molecule has 0 radical (unpaired) electrons. The summed E-state index contributed by atoms with van der Waals surface area (Å²) in [6.45, 7) is 3.44. The number of hydrogen-bond acceptors (Lipinski definition) is 7. The molecule has 198 valence electrons. The fraction of sp³-hybridized carbons (Fsp3) is 0.148. The minimum atomic E-state index is -4.15. The van der Waals surface area contributed by atoms with Gasteiger partial charge in [0.1, 0.15) is 9.64 Å². The first-order chi connectivity index (χ1) is 18.0. The molecule has 0 heterocycles. The Kier molecular flexibility index (Phi) is 7.61. The second-order valence-corrected chi connectivity index (χ2v) is 12.3. The number of hydrogen-bond donors (Lipinski definition) is 2. The van der Waals surface area contributed by atoms with E-state index in [1.807, 2.05) is 13.0 Å². The fourth-order valence-corrected chi connectivity index (χ4v) is 5.58. The van der Waals surface area contributed by atoms with Gasteiger partial charge in [0.05, 0.1) is 11.4 Å². The Hall–Kier alpha value is -4.09. The monoisotopic (exact) mass is 554 g/mol. The molecule has 11 heteroatoms. The van der Waals surface area contributed by atoms with Crippen molar-refractivity contribution in [3.63, 3.8) is 0 Å². The summed E-state index contributed by atoms with van der Waals surface area (Å²) in [5.41, 5.74) is 1.13. The molecule has 0 saturated heterocycles. The van der Waals surface area contributed by atoms with Crippen LogP contribution in [0.3, 0.4) is 0 Å². The van der Waals surface area contributed by atoms with E-state index in [-0.39, 0.29) is 34.2 Å². The molecule has 2 N–H and O–H groups in total. The highest BCUT2D eigenvalue weighted by Gasteiger charge is 2.39. The van der Waals surface area contributed by atoms with E-state index in [9.17, 15) is 21.6 Å². The third kappa shape index (κ3) is 6.06. The largest absolute Gasteiger partial charge is 0.380 e. The third-order valence-corrected chi connectivity index (χ3v) is 8.89. The maximum absolute atomic E-state index is 13.1. The molecule has 0 spiro atoms. The molecule has 4 rings (SSSR count). The number of rotatable bonds is 8. The molecular formula is C27H26N2O7S2. The Bertz CT molecular complexity index is 1620. The predicted octanol–water partition coefficient (Wildman–Crippen LogP) is 5.47. The van der Waals surface area contributed by atoms with Crippen LogP contribution in [0, 0.1) is 0 Å². The van der Waals surface area contributed by atoms with Crippen molar-refractivity contribution in [3.8, 4) is 11.5 Å². The van der Waals surface area contributed by atoms with Crippen LogP contribution in [-0.2, 0) is 20.2 Å². The summed E-state index contributed by atoms with van der Waals surface area (Å²) in [7, 11) is -8.27. The Balaban J connectivity index is 1.50. The molecule has 2 amide bonds. The van der Waals surface area contributed by atoms with Gasteiger partial charge in [0.15, 0.2) is 11.5 Å². The number of nitrogens with one attached hydrogen (secondary N) is 2. The molecule has 1 unspecified atom stereocenters. The summed E-state index contributed by atoms with van der Waals surface area (Å²) < 4.78 is 60.9. The summed E-state index contributed by atoms with van der Waals surface area (Å²) in [4.78, 5) is 12.8. The van der Waals surface area contributed by atoms with Gasteiger partial charge in [-0.1, -0.05) is 66.3 Å². The standard InChI is InChI=1S/C27H26N2O7S2/c1-20-16-18-27(2,19-17-20)38(33,34)36-25-15-9-7-13-23(25)29-26(30)28-22-12-6-8-14-24(22)35-37(31,32)21-10-4-3-5-11-21/h3-18H,19H2,1-2H3,(H2,28,29,30). The summed E-state index contributed by atoms with van der Waals surface area (Å²) in [6, 6.07) is 18.9. The molecule has 38 heavy (non-hydrogen) atoms. The highest BCUT2D eigenvalue weighted by atomic mass is 32.2. The van der Waals surface area contributed by atoms with Crippen LogP contribution < -0.4 is 19.0 Å². The molecule has 0 saturated carbocycles. The average molecular weight is 555 g/mol. The van der Waals surface area contributed by atoms with Gasteiger partial charge >= 0.3 is 26.3 Å². The number of allylic oxidation sites excluding steroid dienone is 3. The Labute approximate surface area is 222 Å². The highest BCUT2D eigenvalue weighted by Crippen LogP contribution is 2.34. The van der Waals surface area contributed by atoms with Crippen molar-refractivity contribution >= 4 is 37.6 Å². The number of benzene rings is 3. The highest BCUT2D eigenvalue weighted by molar-refractivity contribution is 7.88. The fourth-order valence-electron chi connectivity index (χ4n) is 3.52. The molecule has 0 aliphatic heterocycles. The quantitative estimate of drug-likeness (QED) is 0.353. The first kappa shape index (κ1) is 27.0. The molecule has 1 aliphatic carbocycles. The Morgan fingerprint density at radius 3 is 1.87 bits per heavy atom. The average Bonchev–Trinajstić information content (AvgIpc) is 2.88. The minimum absolute atomic E-state index is 0.0429. The van der Waals surface area contributed by atoms with Crippen molar-refractivity contribution in [2.75, 3.05) is 10.6 Å². The summed E-state index contributed by atoms with van der Waals surface area (Å²) in [5, 5.41) is 5.09. The van der Waals surface area contributed by atoms with Crippen LogP contribution in [0.1, 0.15) is 20.3 Å². The van der Waals surface area contributed by atoms with Gasteiger partial charge in [0, 0.05) is 0 Å². The summed E-state index contributed by atoms with van der Waals surface area (Å²) >= 11 is 0. The van der Waals surface area contributed by atoms with Gasteiger partial charge in [-0.05, 0) is 56.7 Å². The number of anilines is 2. The van der Waals surface area contributed by atoms with Crippen LogP contribution in [0.25, 0.3) is 0 Å². The smallest absolute Gasteiger partial charge is 0.339 e. The molecule has 0 fully saturated rings. The Morgan fingerprint density at radius 1 is 0.789 bits per heavy atom. The second kappa shape index (κ2) is 10.7. The number of para-hydroxylation sites is 4. The van der Waals surface area contributed by atoms with Crippen molar-refractivity contribution in [1.82, 2.24) is 0 Å². The SMILES string of the molecule is CC1=CCC(C)(S(=O)(=O)Oc2ccccc2NC(=O)Nc2ccccc2OS(=O)(=O)c2ccccc2)C=C1. The summed E-state index contributed by atoms with van der Waals surface area (Å²) in [5.74, 6) is -0.168. The molecule has 1 atom stereocenters. The van der Waals surface area contributed by atoms with E-state index < -0.39 is 31.0 Å². The summed E-state index contributed by atoms with van der Waals surface area (Å²) in [6.07, 6.45) is 5.37. The molecule has 0 aromatic heterocycles. The Morgan fingerprint density at radius 2 is 1.32 bits per heavy atom. The number of carbonyl (C=O) groups excluding carboxylic acids is 1. The number of carbonyl (C=O) groups is 1. The first-order valence-corrected chi connectivity index (χ1v) is 14.4. The maximum Gasteiger partial charge on any atom is 0.339 e. The van der Waals surface area contributed by atoms with Crippen molar-refractivity contribution in [2.24, 2.45) is 0 Å². The van der Waals surface area contributed by atoms with Crippen LogP contribution in [0.15, 0.2) is 108 Å². The predicted molar refractivity (Wildman–Crippen MR) is 145 cm³/mol. The van der Waals surface area contributed by atoms with Crippen LogP contribution in [0.5, 0.6) is 11.5 Å². The van der Waals surface area contributed by atoms with Gasteiger partial charge in [-0.3, -0.25) is 0 Å². The van der Waals surface area contributed by atoms with Crippen LogP contribution in [0.2, 0.25) is 0 Å². The van der Waals surface area contributed by atoms with E-state index in [1.54, 1.807) is 61.5 Å². The van der Waals surface area contributed by atoms with E-state index in [0.717, 1.165) is 5.57 Å². The zero-order valence-corrected chi connectivity index (χ0v) is 22.3. The van der Waals surface area contributed by atoms with Gasteiger partial charge in [-0.15, -0.1) is 0 Å². The van der Waals surface area contributed by atoms with Crippen LogP contribution in [-0.4, -0.2) is 27.6 Å². The van der Waals surface area contributed by atoms with Crippen LogP contribution >= 0.6 is 0 Å². The van der Waals surface area contributed by atoms with Crippen LogP contribution in [0.4, 0.5) is 16.2 Å². The molecule has 3 aromatic rings. The topological polar surface area (TPSA) is 128 Å². The van der Waals surface area contributed by atoms with Crippen molar-refractivity contribution in [3.05, 3.63) is 103 Å². The zero-order valence-electron chi connectivity index (χ0n) is 20.6.